The van der Waals surface area contributed by atoms with Crippen molar-refractivity contribution in [3.63, 3.8) is 0 Å². The molecule has 0 aliphatic heterocycles. The number of alkyl halides is 3. The van der Waals surface area contributed by atoms with Crippen molar-refractivity contribution in [1.82, 2.24) is 10.6 Å². The summed E-state index contributed by atoms with van der Waals surface area (Å²) in [4.78, 5) is 4.16. The van der Waals surface area contributed by atoms with Crippen LogP contribution in [0.1, 0.15) is 37.3 Å². The normalized spacial score (nSPS) is 16.0. The number of halogens is 4. The maximum atomic E-state index is 12.9. The minimum Gasteiger partial charge on any atom is -0.382 e. The summed E-state index contributed by atoms with van der Waals surface area (Å²) >= 11 is 0. The number of hydrogen-bond acceptors (Lipinski definition) is 2. The molecule has 1 fully saturated rings. The molecular formula is C18H27F3IN3O. The summed E-state index contributed by atoms with van der Waals surface area (Å²) in [5.41, 5.74) is -0.0826. The minimum absolute atomic E-state index is 0. The Bertz CT molecular complexity index is 589. The standard InChI is InChI=1S/C18H26F3N3O.HI/c1-3-25-11-5-10-23-16(22-2)24-13-17(8-9-17)14-6-4-7-15(12-14)18(19,20)21;/h4,6-7,12H,3,5,8-11,13H2,1-2H3,(H2,22,23,24);1H. The van der Waals surface area contributed by atoms with Gasteiger partial charge in [0.1, 0.15) is 0 Å². The fourth-order valence-electron chi connectivity index (χ4n) is 2.74. The van der Waals surface area contributed by atoms with E-state index in [4.69, 9.17) is 4.74 Å². The second-order valence-electron chi connectivity index (χ2n) is 6.26. The molecule has 2 N–H and O–H groups in total. The van der Waals surface area contributed by atoms with E-state index in [0.717, 1.165) is 37.4 Å². The molecule has 0 heterocycles. The maximum Gasteiger partial charge on any atom is 0.416 e. The first-order valence-corrected chi connectivity index (χ1v) is 8.61. The van der Waals surface area contributed by atoms with Gasteiger partial charge >= 0.3 is 6.18 Å². The van der Waals surface area contributed by atoms with Crippen molar-refractivity contribution in [2.45, 2.75) is 37.8 Å². The van der Waals surface area contributed by atoms with Crippen molar-refractivity contribution in [2.24, 2.45) is 4.99 Å². The van der Waals surface area contributed by atoms with Gasteiger partial charge in [0.05, 0.1) is 5.56 Å². The third kappa shape index (κ3) is 6.61. The van der Waals surface area contributed by atoms with Gasteiger partial charge in [-0.05, 0) is 37.8 Å². The maximum absolute atomic E-state index is 12.9. The first kappa shape index (κ1) is 23.0. The molecule has 1 aliphatic carbocycles. The van der Waals surface area contributed by atoms with Crippen LogP contribution in [0.15, 0.2) is 29.3 Å². The number of aliphatic imine (C=N–C) groups is 1. The average molecular weight is 485 g/mol. The third-order valence-corrected chi connectivity index (χ3v) is 4.44. The van der Waals surface area contributed by atoms with E-state index < -0.39 is 11.7 Å². The Hall–Kier alpha value is -1.03. The van der Waals surface area contributed by atoms with Gasteiger partial charge in [-0.25, -0.2) is 0 Å². The van der Waals surface area contributed by atoms with E-state index in [1.54, 1.807) is 13.1 Å². The van der Waals surface area contributed by atoms with Crippen LogP contribution in [-0.2, 0) is 16.3 Å². The highest BCUT2D eigenvalue weighted by Crippen LogP contribution is 2.48. The van der Waals surface area contributed by atoms with Crippen molar-refractivity contribution in [2.75, 3.05) is 33.4 Å². The molecule has 8 heteroatoms. The third-order valence-electron chi connectivity index (χ3n) is 4.44. The van der Waals surface area contributed by atoms with E-state index in [1.165, 1.54) is 12.1 Å². The summed E-state index contributed by atoms with van der Waals surface area (Å²) < 4.78 is 44.0. The molecule has 0 amide bonds. The van der Waals surface area contributed by atoms with Gasteiger partial charge in [-0.15, -0.1) is 24.0 Å². The number of ether oxygens (including phenoxy) is 1. The highest BCUT2D eigenvalue weighted by atomic mass is 127. The zero-order valence-electron chi connectivity index (χ0n) is 15.2. The number of guanidine groups is 1. The largest absolute Gasteiger partial charge is 0.416 e. The van der Waals surface area contributed by atoms with Crippen LogP contribution in [0.25, 0.3) is 0 Å². The lowest BCUT2D eigenvalue weighted by Crippen LogP contribution is -2.41. The van der Waals surface area contributed by atoms with Gasteiger partial charge in [-0.1, -0.05) is 18.2 Å². The monoisotopic (exact) mass is 485 g/mol. The number of benzene rings is 1. The zero-order chi connectivity index (χ0) is 18.3. The Labute approximate surface area is 170 Å². The van der Waals surface area contributed by atoms with Crippen LogP contribution < -0.4 is 10.6 Å². The summed E-state index contributed by atoms with van der Waals surface area (Å²) in [5.74, 6) is 0.662. The Balaban J connectivity index is 0.00000338. The van der Waals surface area contributed by atoms with E-state index >= 15 is 0 Å². The van der Waals surface area contributed by atoms with Crippen LogP contribution in [0.4, 0.5) is 13.2 Å². The molecule has 0 saturated heterocycles. The molecule has 26 heavy (non-hydrogen) atoms. The molecule has 1 aromatic carbocycles. The van der Waals surface area contributed by atoms with E-state index in [2.05, 4.69) is 15.6 Å². The van der Waals surface area contributed by atoms with Crippen LogP contribution in [0.2, 0.25) is 0 Å². The van der Waals surface area contributed by atoms with E-state index in [-0.39, 0.29) is 29.4 Å². The van der Waals surface area contributed by atoms with Gasteiger partial charge in [-0.3, -0.25) is 4.99 Å². The first-order chi connectivity index (χ1) is 11.9. The highest BCUT2D eigenvalue weighted by Gasteiger charge is 2.45. The summed E-state index contributed by atoms with van der Waals surface area (Å²) in [6, 6.07) is 5.65. The van der Waals surface area contributed by atoms with Crippen LogP contribution in [0, 0.1) is 0 Å². The molecule has 4 nitrogen and oxygen atoms in total. The van der Waals surface area contributed by atoms with Gasteiger partial charge in [0.2, 0.25) is 0 Å². The predicted molar refractivity (Wildman–Crippen MR) is 108 cm³/mol. The van der Waals surface area contributed by atoms with Crippen molar-refractivity contribution < 1.29 is 17.9 Å². The second kappa shape index (κ2) is 10.3. The molecule has 0 aromatic heterocycles. The molecule has 0 radical (unpaired) electrons. The molecule has 1 aliphatic rings. The smallest absolute Gasteiger partial charge is 0.382 e. The number of nitrogens with zero attached hydrogens (tertiary/aromatic N) is 1. The average Bonchev–Trinajstić information content (AvgIpc) is 3.38. The van der Waals surface area contributed by atoms with Gasteiger partial charge in [-0.2, -0.15) is 13.2 Å². The Morgan fingerprint density at radius 1 is 1.27 bits per heavy atom. The van der Waals surface area contributed by atoms with Gasteiger partial charge in [0, 0.05) is 38.8 Å². The second-order valence-corrected chi connectivity index (χ2v) is 6.26. The van der Waals surface area contributed by atoms with Crippen LogP contribution in [-0.4, -0.2) is 39.3 Å². The van der Waals surface area contributed by atoms with Gasteiger partial charge < -0.3 is 15.4 Å². The lowest BCUT2D eigenvalue weighted by molar-refractivity contribution is -0.137. The minimum atomic E-state index is -4.31. The highest BCUT2D eigenvalue weighted by molar-refractivity contribution is 14.0. The molecule has 1 saturated carbocycles. The topological polar surface area (TPSA) is 45.6 Å². The summed E-state index contributed by atoms with van der Waals surface area (Å²) in [5, 5.41) is 6.43. The molecule has 0 atom stereocenters. The van der Waals surface area contributed by atoms with Crippen molar-refractivity contribution in [3.8, 4) is 0 Å². The first-order valence-electron chi connectivity index (χ1n) is 8.61. The van der Waals surface area contributed by atoms with Crippen molar-refractivity contribution in [1.29, 1.82) is 0 Å². The Morgan fingerprint density at radius 2 is 2.00 bits per heavy atom. The Kier molecular flexibility index (Phi) is 9.15. The fraction of sp³-hybridized carbons (Fsp3) is 0.611. The zero-order valence-corrected chi connectivity index (χ0v) is 17.5. The van der Waals surface area contributed by atoms with E-state index in [9.17, 15) is 13.2 Å². The molecule has 0 spiro atoms. The van der Waals surface area contributed by atoms with Crippen molar-refractivity contribution >= 4 is 29.9 Å². The van der Waals surface area contributed by atoms with E-state index in [0.29, 0.717) is 25.7 Å². The number of rotatable bonds is 8. The Morgan fingerprint density at radius 3 is 2.58 bits per heavy atom. The molecular weight excluding hydrogens is 458 g/mol. The number of nitrogens with one attached hydrogen (secondary N) is 2. The van der Waals surface area contributed by atoms with E-state index in [1.807, 2.05) is 6.92 Å². The van der Waals surface area contributed by atoms with Gasteiger partial charge in [0.25, 0.3) is 0 Å². The lowest BCUT2D eigenvalue weighted by Gasteiger charge is -2.20. The lowest BCUT2D eigenvalue weighted by atomic mass is 9.94. The quantitative estimate of drug-likeness (QED) is 0.254. The predicted octanol–water partition coefficient (Wildman–Crippen LogP) is 3.95. The molecule has 2 rings (SSSR count). The van der Waals surface area contributed by atoms with Crippen LogP contribution in [0.3, 0.4) is 0 Å². The van der Waals surface area contributed by atoms with Gasteiger partial charge in [0.15, 0.2) is 5.96 Å². The molecule has 1 aromatic rings. The summed E-state index contributed by atoms with van der Waals surface area (Å²) in [7, 11) is 1.68. The fourth-order valence-corrected chi connectivity index (χ4v) is 2.74. The summed E-state index contributed by atoms with van der Waals surface area (Å²) in [6.07, 6.45) is -1.68. The molecule has 148 valence electrons. The van der Waals surface area contributed by atoms with Crippen LogP contribution in [0.5, 0.6) is 0 Å². The number of hydrogen-bond donors (Lipinski definition) is 2. The molecule has 0 bridgehead atoms. The summed E-state index contributed by atoms with van der Waals surface area (Å²) in [6.45, 7) is 4.65. The van der Waals surface area contributed by atoms with Crippen LogP contribution >= 0.6 is 24.0 Å². The molecule has 0 unspecified atom stereocenters. The SMILES string of the molecule is CCOCCCNC(=NC)NCC1(c2cccc(C(F)(F)F)c2)CC1.I. The van der Waals surface area contributed by atoms with Crippen molar-refractivity contribution in [3.05, 3.63) is 35.4 Å².